The molecular formula is C24H34N6O4. The first-order valence-corrected chi connectivity index (χ1v) is 11.3. The third-order valence-electron chi connectivity index (χ3n) is 5.62. The molecule has 1 aliphatic heterocycles. The highest BCUT2D eigenvalue weighted by Gasteiger charge is 2.21. The van der Waals surface area contributed by atoms with Crippen molar-refractivity contribution in [2.75, 3.05) is 52.5 Å². The van der Waals surface area contributed by atoms with E-state index in [-0.39, 0.29) is 24.9 Å². The fourth-order valence-electron chi connectivity index (χ4n) is 3.70. The Balaban J connectivity index is 1.31. The van der Waals surface area contributed by atoms with Gasteiger partial charge in [-0.1, -0.05) is 0 Å². The number of β-amino-alcohol motifs (C(OH)–C–C–N with tert-alkyl or cyclic N) is 2. The maximum atomic E-state index is 10.3. The Bertz CT molecular complexity index is 852. The first-order valence-electron chi connectivity index (χ1n) is 11.3. The molecule has 1 saturated heterocycles. The lowest BCUT2D eigenvalue weighted by Crippen LogP contribution is -2.51. The molecule has 10 heteroatoms. The van der Waals surface area contributed by atoms with E-state index in [2.05, 4.69) is 9.80 Å². The summed E-state index contributed by atoms with van der Waals surface area (Å²) in [7, 11) is 0. The van der Waals surface area contributed by atoms with Crippen LogP contribution < -0.4 is 20.9 Å². The average Bonchev–Trinajstić information content (AvgIpc) is 2.83. The van der Waals surface area contributed by atoms with Crippen molar-refractivity contribution in [1.82, 2.24) is 9.80 Å². The zero-order valence-corrected chi connectivity index (χ0v) is 19.2. The second-order valence-corrected chi connectivity index (χ2v) is 8.41. The van der Waals surface area contributed by atoms with Gasteiger partial charge in [-0.2, -0.15) is 0 Å². The van der Waals surface area contributed by atoms with E-state index in [0.29, 0.717) is 35.7 Å². The Labute approximate surface area is 199 Å². The number of rotatable bonds is 12. The van der Waals surface area contributed by atoms with Crippen LogP contribution in [0.3, 0.4) is 0 Å². The van der Waals surface area contributed by atoms with Gasteiger partial charge in [-0.05, 0) is 48.5 Å². The van der Waals surface area contributed by atoms with E-state index < -0.39 is 12.2 Å². The van der Waals surface area contributed by atoms with Crippen molar-refractivity contribution in [3.8, 4) is 11.5 Å². The smallest absolute Gasteiger partial charge is 0.122 e. The van der Waals surface area contributed by atoms with E-state index in [4.69, 9.17) is 31.8 Å². The van der Waals surface area contributed by atoms with Gasteiger partial charge in [-0.3, -0.25) is 20.6 Å². The summed E-state index contributed by atoms with van der Waals surface area (Å²) in [5, 5.41) is 35.5. The van der Waals surface area contributed by atoms with Crippen LogP contribution in [0.2, 0.25) is 0 Å². The fourth-order valence-corrected chi connectivity index (χ4v) is 3.70. The molecule has 0 aliphatic carbocycles. The Morgan fingerprint density at radius 1 is 0.706 bits per heavy atom. The molecule has 8 N–H and O–H groups in total. The van der Waals surface area contributed by atoms with Gasteiger partial charge in [0.05, 0.1) is 0 Å². The van der Waals surface area contributed by atoms with Gasteiger partial charge in [-0.25, -0.2) is 0 Å². The first-order chi connectivity index (χ1) is 16.3. The fraction of sp³-hybridized carbons (Fsp3) is 0.417. The molecule has 0 amide bonds. The second kappa shape index (κ2) is 12.3. The van der Waals surface area contributed by atoms with Crippen LogP contribution in [0.15, 0.2) is 48.5 Å². The molecule has 2 aromatic rings. The highest BCUT2D eigenvalue weighted by Crippen LogP contribution is 2.14. The van der Waals surface area contributed by atoms with Crippen LogP contribution in [0.25, 0.3) is 0 Å². The molecule has 1 fully saturated rings. The molecule has 1 heterocycles. The Morgan fingerprint density at radius 3 is 1.32 bits per heavy atom. The van der Waals surface area contributed by atoms with E-state index in [1.165, 1.54) is 0 Å². The van der Waals surface area contributed by atoms with Gasteiger partial charge >= 0.3 is 0 Å². The van der Waals surface area contributed by atoms with Crippen LogP contribution in [-0.2, 0) is 0 Å². The van der Waals surface area contributed by atoms with Crippen molar-refractivity contribution in [3.63, 3.8) is 0 Å². The minimum Gasteiger partial charge on any atom is -0.491 e. The van der Waals surface area contributed by atoms with Gasteiger partial charge in [-0.15, -0.1) is 0 Å². The lowest BCUT2D eigenvalue weighted by atomic mass is 10.2. The topological polar surface area (TPSA) is 165 Å². The standard InChI is InChI=1S/C24H34N6O4/c25-23(26)17-1-5-21(6-2-17)33-15-19(31)13-29-9-11-30(12-10-29)14-20(32)16-34-22-7-3-18(4-8-22)24(27)28/h1-8,19-20,31-32H,9-16H2,(H3,25,26)(H3,27,28). The summed E-state index contributed by atoms with van der Waals surface area (Å²) in [6.07, 6.45) is -1.24. The highest BCUT2D eigenvalue weighted by molar-refractivity contribution is 5.95. The molecule has 2 unspecified atom stereocenters. The summed E-state index contributed by atoms with van der Waals surface area (Å²) >= 11 is 0. The van der Waals surface area contributed by atoms with Gasteiger partial charge in [0.15, 0.2) is 0 Å². The van der Waals surface area contributed by atoms with E-state index in [9.17, 15) is 10.2 Å². The van der Waals surface area contributed by atoms with Crippen LogP contribution >= 0.6 is 0 Å². The molecule has 0 aromatic heterocycles. The number of benzene rings is 2. The van der Waals surface area contributed by atoms with Crippen LogP contribution in [-0.4, -0.2) is 96.4 Å². The number of nitrogens with one attached hydrogen (secondary N) is 2. The molecule has 3 rings (SSSR count). The van der Waals surface area contributed by atoms with Crippen molar-refractivity contribution in [1.29, 1.82) is 10.8 Å². The molecule has 0 spiro atoms. The van der Waals surface area contributed by atoms with Crippen molar-refractivity contribution in [2.45, 2.75) is 12.2 Å². The summed E-state index contributed by atoms with van der Waals surface area (Å²) in [5.41, 5.74) is 12.1. The van der Waals surface area contributed by atoms with Gasteiger partial charge in [0.1, 0.15) is 48.6 Å². The molecule has 10 nitrogen and oxygen atoms in total. The van der Waals surface area contributed by atoms with Crippen molar-refractivity contribution >= 4 is 11.7 Å². The largest absolute Gasteiger partial charge is 0.491 e. The first kappa shape index (κ1) is 25.4. The van der Waals surface area contributed by atoms with Gasteiger partial charge in [0, 0.05) is 50.4 Å². The van der Waals surface area contributed by atoms with Crippen LogP contribution in [0.1, 0.15) is 11.1 Å². The lowest BCUT2D eigenvalue weighted by molar-refractivity contribution is 0.0240. The Morgan fingerprint density at radius 2 is 1.03 bits per heavy atom. The molecule has 184 valence electrons. The van der Waals surface area contributed by atoms with Gasteiger partial charge in [0.2, 0.25) is 0 Å². The van der Waals surface area contributed by atoms with Crippen molar-refractivity contribution in [2.24, 2.45) is 11.5 Å². The number of aliphatic hydroxyl groups is 2. The molecule has 34 heavy (non-hydrogen) atoms. The van der Waals surface area contributed by atoms with Crippen LogP contribution in [0, 0.1) is 10.8 Å². The summed E-state index contributed by atoms with van der Waals surface area (Å²) in [4.78, 5) is 4.37. The predicted octanol–water partition coefficient (Wildman–Crippen LogP) is 0.0519. The third kappa shape index (κ3) is 7.99. The van der Waals surface area contributed by atoms with E-state index >= 15 is 0 Å². The Hall–Kier alpha value is -3.18. The van der Waals surface area contributed by atoms with E-state index in [0.717, 1.165) is 26.2 Å². The SMILES string of the molecule is N=C(N)c1ccc(OCC(O)CN2CCN(CC(O)COc3ccc(C(=N)N)cc3)CC2)cc1. The quantitative estimate of drug-likeness (QED) is 0.187. The zero-order chi connectivity index (χ0) is 24.5. The second-order valence-electron chi connectivity index (χ2n) is 8.41. The number of amidine groups is 2. The number of nitrogens with zero attached hydrogens (tertiary/aromatic N) is 2. The van der Waals surface area contributed by atoms with Crippen LogP contribution in [0.5, 0.6) is 11.5 Å². The third-order valence-corrected chi connectivity index (χ3v) is 5.62. The Kier molecular flexibility index (Phi) is 9.23. The number of hydrogen-bond acceptors (Lipinski definition) is 8. The number of hydrogen-bond donors (Lipinski definition) is 6. The number of ether oxygens (including phenoxy) is 2. The monoisotopic (exact) mass is 470 g/mol. The molecule has 2 atom stereocenters. The molecule has 0 saturated carbocycles. The molecule has 0 bridgehead atoms. The van der Waals surface area contributed by atoms with Crippen molar-refractivity contribution < 1.29 is 19.7 Å². The molecule has 0 radical (unpaired) electrons. The lowest BCUT2D eigenvalue weighted by Gasteiger charge is -2.36. The van der Waals surface area contributed by atoms with Gasteiger partial charge < -0.3 is 31.2 Å². The summed E-state index contributed by atoms with van der Waals surface area (Å²) in [5.74, 6) is 1.26. The number of aliphatic hydroxyl groups excluding tert-OH is 2. The van der Waals surface area contributed by atoms with E-state index in [1.807, 2.05) is 0 Å². The van der Waals surface area contributed by atoms with Crippen molar-refractivity contribution in [3.05, 3.63) is 59.7 Å². The number of piperazine rings is 1. The summed E-state index contributed by atoms with van der Waals surface area (Å²) < 4.78 is 11.3. The average molecular weight is 471 g/mol. The predicted molar refractivity (Wildman–Crippen MR) is 131 cm³/mol. The number of nitrogen functional groups attached to an aromatic ring is 2. The van der Waals surface area contributed by atoms with Gasteiger partial charge in [0.25, 0.3) is 0 Å². The normalized spacial score (nSPS) is 16.5. The minimum absolute atomic E-state index is 0.00575. The van der Waals surface area contributed by atoms with E-state index in [1.54, 1.807) is 48.5 Å². The summed E-state index contributed by atoms with van der Waals surface area (Å²) in [6.45, 7) is 4.58. The summed E-state index contributed by atoms with van der Waals surface area (Å²) in [6, 6.07) is 13.8. The van der Waals surface area contributed by atoms with Crippen LogP contribution in [0.4, 0.5) is 0 Å². The zero-order valence-electron chi connectivity index (χ0n) is 19.2. The maximum absolute atomic E-state index is 10.3. The molecule has 2 aromatic carbocycles. The minimum atomic E-state index is -0.618. The maximum Gasteiger partial charge on any atom is 0.122 e. The molecule has 1 aliphatic rings. The molecular weight excluding hydrogens is 436 g/mol. The highest BCUT2D eigenvalue weighted by atomic mass is 16.5. The number of nitrogens with two attached hydrogens (primary N) is 2.